The van der Waals surface area contributed by atoms with Gasteiger partial charge in [0.05, 0.1) is 11.6 Å². The molecular formula is C9H12F3N3OS. The highest BCUT2D eigenvalue weighted by atomic mass is 32.1. The summed E-state index contributed by atoms with van der Waals surface area (Å²) in [4.78, 5) is 13.8. The van der Waals surface area contributed by atoms with Crippen LogP contribution < -0.4 is 11.1 Å². The number of alkyl halides is 3. The fourth-order valence-electron chi connectivity index (χ4n) is 0.871. The normalized spacial score (nSPS) is 12.5. The number of hydrogen-bond acceptors (Lipinski definition) is 4. The molecule has 1 aromatic heterocycles. The van der Waals surface area contributed by atoms with Crippen LogP contribution in [0.1, 0.15) is 18.7 Å². The number of rotatable bonds is 4. The lowest BCUT2D eigenvalue weighted by Gasteiger charge is -2.20. The molecular weight excluding hydrogens is 255 g/mol. The maximum Gasteiger partial charge on any atom is 0.427 e. The number of nitrogens with two attached hydrogens (primary N) is 1. The van der Waals surface area contributed by atoms with Gasteiger partial charge < -0.3 is 11.1 Å². The molecule has 96 valence electrons. The Bertz CT molecular complexity index is 414. The van der Waals surface area contributed by atoms with Gasteiger partial charge in [-0.05, 0) is 13.8 Å². The number of hydrogen-bond donors (Lipinski definition) is 2. The zero-order valence-electron chi connectivity index (χ0n) is 9.26. The molecule has 0 fully saturated rings. The van der Waals surface area contributed by atoms with Crippen molar-refractivity contribution in [3.63, 3.8) is 0 Å². The topological polar surface area (TPSA) is 68.0 Å². The summed E-state index contributed by atoms with van der Waals surface area (Å²) in [5.74, 6) is -0.530. The molecule has 0 atom stereocenters. The third-order valence-corrected chi connectivity index (χ3v) is 3.13. The standard InChI is InChI=1S/C9H12F3N3OS/c1-8(2,6(13)16)4-15-7-14-3-5(17-7)9(10,11)12/h3H,4H2,1-2H3,(H2,13,16)(H,14,15). The van der Waals surface area contributed by atoms with E-state index in [0.29, 0.717) is 11.3 Å². The van der Waals surface area contributed by atoms with Crippen molar-refractivity contribution in [2.45, 2.75) is 20.0 Å². The van der Waals surface area contributed by atoms with E-state index < -0.39 is 22.4 Å². The zero-order valence-corrected chi connectivity index (χ0v) is 10.1. The molecule has 0 bridgehead atoms. The van der Waals surface area contributed by atoms with E-state index >= 15 is 0 Å². The summed E-state index contributed by atoms with van der Waals surface area (Å²) in [6, 6.07) is 0. The van der Waals surface area contributed by atoms with Gasteiger partial charge in [0.2, 0.25) is 5.91 Å². The van der Waals surface area contributed by atoms with Crippen LogP contribution in [0.2, 0.25) is 0 Å². The molecule has 0 unspecified atom stereocenters. The van der Waals surface area contributed by atoms with Crippen LogP contribution >= 0.6 is 11.3 Å². The van der Waals surface area contributed by atoms with Crippen molar-refractivity contribution in [2.24, 2.45) is 11.1 Å². The van der Waals surface area contributed by atoms with Gasteiger partial charge in [-0.15, -0.1) is 0 Å². The van der Waals surface area contributed by atoms with Crippen LogP contribution in [-0.2, 0) is 11.0 Å². The molecule has 8 heteroatoms. The number of aromatic nitrogens is 1. The number of thiazole rings is 1. The van der Waals surface area contributed by atoms with E-state index in [1.165, 1.54) is 0 Å². The number of primary amides is 1. The Morgan fingerprint density at radius 2 is 2.12 bits per heavy atom. The molecule has 1 heterocycles. The fraction of sp³-hybridized carbons (Fsp3) is 0.556. The molecule has 0 spiro atoms. The van der Waals surface area contributed by atoms with Crippen molar-refractivity contribution >= 4 is 22.4 Å². The van der Waals surface area contributed by atoms with Crippen LogP contribution in [0.5, 0.6) is 0 Å². The first-order valence-corrected chi connectivity index (χ1v) is 5.51. The maximum atomic E-state index is 12.3. The highest BCUT2D eigenvalue weighted by Crippen LogP contribution is 2.35. The van der Waals surface area contributed by atoms with Gasteiger partial charge in [0.1, 0.15) is 4.88 Å². The molecule has 0 aliphatic carbocycles. The third kappa shape index (κ3) is 3.58. The minimum atomic E-state index is -4.39. The van der Waals surface area contributed by atoms with E-state index in [2.05, 4.69) is 10.3 Å². The Labute approximate surface area is 100 Å². The number of carbonyl (C=O) groups is 1. The Balaban J connectivity index is 2.66. The lowest BCUT2D eigenvalue weighted by molar-refractivity contribution is -0.134. The quantitative estimate of drug-likeness (QED) is 0.877. The summed E-state index contributed by atoms with van der Waals surface area (Å²) in [5, 5.41) is 2.78. The Morgan fingerprint density at radius 3 is 2.53 bits per heavy atom. The molecule has 1 amide bonds. The van der Waals surface area contributed by atoms with Crippen molar-refractivity contribution in [3.8, 4) is 0 Å². The predicted molar refractivity (Wildman–Crippen MR) is 58.6 cm³/mol. The highest BCUT2D eigenvalue weighted by Gasteiger charge is 2.33. The number of carbonyl (C=O) groups excluding carboxylic acids is 1. The SMILES string of the molecule is CC(C)(CNc1ncc(C(F)(F)F)s1)C(N)=O. The van der Waals surface area contributed by atoms with E-state index in [9.17, 15) is 18.0 Å². The third-order valence-electron chi connectivity index (χ3n) is 2.13. The van der Waals surface area contributed by atoms with Crippen LogP contribution in [0.4, 0.5) is 18.3 Å². The first-order chi connectivity index (χ1) is 7.63. The molecule has 1 rings (SSSR count). The molecule has 0 aliphatic heterocycles. The van der Waals surface area contributed by atoms with Crippen LogP contribution in [-0.4, -0.2) is 17.4 Å². The summed E-state index contributed by atoms with van der Waals surface area (Å²) >= 11 is 0.493. The summed E-state index contributed by atoms with van der Waals surface area (Å²) in [6.07, 6.45) is -3.64. The largest absolute Gasteiger partial charge is 0.427 e. The summed E-state index contributed by atoms with van der Waals surface area (Å²) in [6.45, 7) is 3.33. The lowest BCUT2D eigenvalue weighted by Crippen LogP contribution is -2.37. The van der Waals surface area contributed by atoms with Crippen molar-refractivity contribution in [2.75, 3.05) is 11.9 Å². The smallest absolute Gasteiger partial charge is 0.369 e. The van der Waals surface area contributed by atoms with Gasteiger partial charge in [-0.25, -0.2) is 4.98 Å². The molecule has 4 nitrogen and oxygen atoms in total. The van der Waals surface area contributed by atoms with E-state index in [1.807, 2.05) is 0 Å². The number of anilines is 1. The van der Waals surface area contributed by atoms with E-state index in [1.54, 1.807) is 13.8 Å². The Kier molecular flexibility index (Phi) is 3.65. The molecule has 17 heavy (non-hydrogen) atoms. The number of nitrogens with zero attached hydrogens (tertiary/aromatic N) is 1. The Morgan fingerprint density at radius 1 is 1.53 bits per heavy atom. The first-order valence-electron chi connectivity index (χ1n) is 4.70. The van der Waals surface area contributed by atoms with Gasteiger partial charge in [0.25, 0.3) is 0 Å². The number of amides is 1. The molecule has 1 aromatic rings. The number of nitrogens with one attached hydrogen (secondary N) is 1. The van der Waals surface area contributed by atoms with E-state index in [-0.39, 0.29) is 11.7 Å². The second kappa shape index (κ2) is 4.52. The van der Waals surface area contributed by atoms with Crippen LogP contribution in [0, 0.1) is 5.41 Å². The highest BCUT2D eigenvalue weighted by molar-refractivity contribution is 7.15. The van der Waals surface area contributed by atoms with Crippen LogP contribution in [0.3, 0.4) is 0 Å². The second-order valence-electron chi connectivity index (χ2n) is 4.13. The minimum Gasteiger partial charge on any atom is -0.369 e. The maximum absolute atomic E-state index is 12.3. The average Bonchev–Trinajstić information content (AvgIpc) is 2.62. The van der Waals surface area contributed by atoms with Crippen LogP contribution in [0.15, 0.2) is 6.20 Å². The average molecular weight is 267 g/mol. The molecule has 0 saturated heterocycles. The monoisotopic (exact) mass is 267 g/mol. The minimum absolute atomic E-state index is 0.117. The second-order valence-corrected chi connectivity index (χ2v) is 5.16. The van der Waals surface area contributed by atoms with E-state index in [4.69, 9.17) is 5.73 Å². The lowest BCUT2D eigenvalue weighted by atomic mass is 9.93. The van der Waals surface area contributed by atoms with Gasteiger partial charge in [-0.1, -0.05) is 11.3 Å². The predicted octanol–water partition coefficient (Wildman–Crippen LogP) is 2.09. The molecule has 0 radical (unpaired) electrons. The van der Waals surface area contributed by atoms with Crippen molar-refractivity contribution in [3.05, 3.63) is 11.1 Å². The van der Waals surface area contributed by atoms with Gasteiger partial charge in [-0.3, -0.25) is 4.79 Å². The van der Waals surface area contributed by atoms with Crippen LogP contribution in [0.25, 0.3) is 0 Å². The molecule has 0 aromatic carbocycles. The summed E-state index contributed by atoms with van der Waals surface area (Å²) in [7, 11) is 0. The van der Waals surface area contributed by atoms with Crippen molar-refractivity contribution in [1.82, 2.24) is 4.98 Å². The van der Waals surface area contributed by atoms with Gasteiger partial charge in [0.15, 0.2) is 5.13 Å². The molecule has 0 aliphatic rings. The van der Waals surface area contributed by atoms with Crippen molar-refractivity contribution in [1.29, 1.82) is 0 Å². The fourth-order valence-corrected chi connectivity index (χ4v) is 1.55. The zero-order chi connectivity index (χ0) is 13.3. The van der Waals surface area contributed by atoms with Gasteiger partial charge >= 0.3 is 6.18 Å². The van der Waals surface area contributed by atoms with Gasteiger partial charge in [0, 0.05) is 6.54 Å². The van der Waals surface area contributed by atoms with Gasteiger partial charge in [-0.2, -0.15) is 13.2 Å². The molecule has 0 saturated carbocycles. The molecule has 3 N–H and O–H groups in total. The summed E-state index contributed by atoms with van der Waals surface area (Å²) < 4.78 is 36.8. The van der Waals surface area contributed by atoms with E-state index in [0.717, 1.165) is 6.20 Å². The Hall–Kier alpha value is -1.31. The van der Waals surface area contributed by atoms with Crippen molar-refractivity contribution < 1.29 is 18.0 Å². The number of halogens is 3. The summed E-state index contributed by atoms with van der Waals surface area (Å²) in [5.41, 5.74) is 4.29. The first kappa shape index (κ1) is 13.8.